The molecule has 0 fully saturated rings. The molecule has 0 aromatic heterocycles. The Kier molecular flexibility index (Phi) is 4.90. The normalized spacial score (nSPS) is 10.4. The zero-order valence-electron chi connectivity index (χ0n) is 10.9. The van der Waals surface area contributed by atoms with Gasteiger partial charge in [0.05, 0.1) is 4.47 Å². The highest BCUT2D eigenvalue weighted by atomic mass is 79.9. The van der Waals surface area contributed by atoms with Gasteiger partial charge in [-0.05, 0) is 58.2 Å². The molecule has 0 saturated carbocycles. The maximum atomic E-state index is 13.0. The van der Waals surface area contributed by atoms with Crippen LogP contribution >= 0.6 is 15.9 Å². The molecule has 21 heavy (non-hydrogen) atoms. The number of carbonyl (C=O) groups excluding carboxylic acids is 1. The summed E-state index contributed by atoms with van der Waals surface area (Å²) in [5.74, 6) is -1.69. The first-order valence-corrected chi connectivity index (χ1v) is 6.96. The number of rotatable bonds is 4. The fourth-order valence-corrected chi connectivity index (χ4v) is 2.08. The minimum absolute atomic E-state index is 0.0325. The number of phenols is 1. The number of halogens is 3. The topological polar surface area (TPSA) is 49.3 Å². The maximum Gasteiger partial charge on any atom is 0.251 e. The van der Waals surface area contributed by atoms with Crippen LogP contribution in [0.15, 0.2) is 40.9 Å². The molecule has 0 saturated heterocycles. The molecule has 2 N–H and O–H groups in total. The molecule has 0 aliphatic rings. The molecule has 0 unspecified atom stereocenters. The van der Waals surface area contributed by atoms with E-state index in [1.165, 1.54) is 18.2 Å². The molecule has 0 bridgehead atoms. The summed E-state index contributed by atoms with van der Waals surface area (Å²) in [5.41, 5.74) is 0.771. The Morgan fingerprint density at radius 1 is 1.14 bits per heavy atom. The molecule has 2 rings (SSSR count). The minimum Gasteiger partial charge on any atom is -0.507 e. The predicted octanol–water partition coefficient (Wildman–Crippen LogP) is 3.41. The summed E-state index contributed by atoms with van der Waals surface area (Å²) < 4.78 is 26.5. The van der Waals surface area contributed by atoms with E-state index in [2.05, 4.69) is 21.2 Å². The van der Waals surface area contributed by atoms with Gasteiger partial charge in [-0.2, -0.15) is 0 Å². The quantitative estimate of drug-likeness (QED) is 0.882. The van der Waals surface area contributed by atoms with Crippen molar-refractivity contribution in [3.05, 3.63) is 63.6 Å². The second-order valence-electron chi connectivity index (χ2n) is 4.45. The Labute approximate surface area is 128 Å². The van der Waals surface area contributed by atoms with E-state index in [4.69, 9.17) is 0 Å². The molecule has 0 heterocycles. The molecule has 2 aromatic carbocycles. The van der Waals surface area contributed by atoms with Crippen LogP contribution in [0.4, 0.5) is 8.78 Å². The fourth-order valence-electron chi connectivity index (χ4n) is 1.83. The van der Waals surface area contributed by atoms with Gasteiger partial charge in [0.15, 0.2) is 0 Å². The maximum absolute atomic E-state index is 13.0. The van der Waals surface area contributed by atoms with Crippen LogP contribution in [-0.4, -0.2) is 17.6 Å². The van der Waals surface area contributed by atoms with Gasteiger partial charge in [-0.25, -0.2) is 8.78 Å². The SMILES string of the molecule is O=C(NCCc1cc(F)cc(F)c1)c1ccc(Br)c(O)c1. The second-order valence-corrected chi connectivity index (χ2v) is 5.30. The average molecular weight is 356 g/mol. The van der Waals surface area contributed by atoms with Crippen LogP contribution in [0, 0.1) is 11.6 Å². The van der Waals surface area contributed by atoms with Gasteiger partial charge < -0.3 is 10.4 Å². The van der Waals surface area contributed by atoms with Gasteiger partial charge in [-0.3, -0.25) is 4.79 Å². The first kappa shape index (κ1) is 15.4. The van der Waals surface area contributed by atoms with Crippen molar-refractivity contribution in [2.24, 2.45) is 0 Å². The molecular weight excluding hydrogens is 344 g/mol. The van der Waals surface area contributed by atoms with E-state index in [0.717, 1.165) is 6.07 Å². The fraction of sp³-hybridized carbons (Fsp3) is 0.133. The summed E-state index contributed by atoms with van der Waals surface area (Å²) in [5, 5.41) is 12.1. The lowest BCUT2D eigenvalue weighted by Crippen LogP contribution is -2.25. The summed E-state index contributed by atoms with van der Waals surface area (Å²) in [6, 6.07) is 7.70. The standard InChI is InChI=1S/C15H12BrF2NO2/c16-13-2-1-10(7-14(13)20)15(21)19-4-3-9-5-11(17)8-12(18)6-9/h1-2,5-8,20H,3-4H2,(H,19,21). The number of hydrogen-bond donors (Lipinski definition) is 2. The summed E-state index contributed by atoms with van der Waals surface area (Å²) in [4.78, 5) is 11.8. The molecule has 110 valence electrons. The van der Waals surface area contributed by atoms with E-state index in [-0.39, 0.29) is 18.2 Å². The van der Waals surface area contributed by atoms with Crippen molar-refractivity contribution < 1.29 is 18.7 Å². The smallest absolute Gasteiger partial charge is 0.251 e. The Balaban J connectivity index is 1.93. The number of phenolic OH excluding ortho intramolecular Hbond substituents is 1. The Morgan fingerprint density at radius 2 is 1.81 bits per heavy atom. The third kappa shape index (κ3) is 4.26. The van der Waals surface area contributed by atoms with Gasteiger partial charge in [-0.15, -0.1) is 0 Å². The van der Waals surface area contributed by atoms with E-state index in [1.807, 2.05) is 0 Å². The molecule has 0 radical (unpaired) electrons. The second kappa shape index (κ2) is 6.67. The molecular formula is C15H12BrF2NO2. The summed E-state index contributed by atoms with van der Waals surface area (Å²) in [6.45, 7) is 0.235. The molecule has 3 nitrogen and oxygen atoms in total. The number of amides is 1. The number of nitrogens with one attached hydrogen (secondary N) is 1. The van der Waals surface area contributed by atoms with Crippen LogP contribution in [0.5, 0.6) is 5.75 Å². The van der Waals surface area contributed by atoms with E-state index in [9.17, 15) is 18.7 Å². The molecule has 1 amide bonds. The van der Waals surface area contributed by atoms with Gasteiger partial charge in [0.1, 0.15) is 17.4 Å². The highest BCUT2D eigenvalue weighted by Crippen LogP contribution is 2.24. The van der Waals surface area contributed by atoms with Crippen LogP contribution in [0.3, 0.4) is 0 Å². The molecule has 0 aliphatic carbocycles. The monoisotopic (exact) mass is 355 g/mol. The van der Waals surface area contributed by atoms with Crippen LogP contribution in [-0.2, 0) is 6.42 Å². The predicted molar refractivity (Wildman–Crippen MR) is 78.2 cm³/mol. The summed E-state index contributed by atoms with van der Waals surface area (Å²) in [6.07, 6.45) is 0.308. The Morgan fingerprint density at radius 3 is 2.43 bits per heavy atom. The lowest BCUT2D eigenvalue weighted by Gasteiger charge is -2.07. The van der Waals surface area contributed by atoms with Crippen molar-refractivity contribution in [3.63, 3.8) is 0 Å². The van der Waals surface area contributed by atoms with Gasteiger partial charge in [0, 0.05) is 18.2 Å². The zero-order chi connectivity index (χ0) is 15.4. The molecule has 0 aliphatic heterocycles. The van der Waals surface area contributed by atoms with E-state index in [1.54, 1.807) is 12.1 Å². The summed E-state index contributed by atoms with van der Waals surface area (Å²) >= 11 is 3.12. The average Bonchev–Trinajstić information content (AvgIpc) is 2.40. The largest absolute Gasteiger partial charge is 0.507 e. The third-order valence-electron chi connectivity index (χ3n) is 2.83. The highest BCUT2D eigenvalue weighted by Gasteiger charge is 2.08. The number of aromatic hydroxyl groups is 1. The molecule has 6 heteroatoms. The van der Waals surface area contributed by atoms with Gasteiger partial charge in [0.25, 0.3) is 5.91 Å². The number of hydrogen-bond acceptors (Lipinski definition) is 2. The van der Waals surface area contributed by atoms with Crippen molar-refractivity contribution in [2.45, 2.75) is 6.42 Å². The first-order chi connectivity index (χ1) is 9.95. The van der Waals surface area contributed by atoms with E-state index < -0.39 is 11.6 Å². The molecule has 2 aromatic rings. The van der Waals surface area contributed by atoms with Gasteiger partial charge in [0.2, 0.25) is 0 Å². The van der Waals surface area contributed by atoms with Crippen molar-refractivity contribution in [1.29, 1.82) is 0 Å². The third-order valence-corrected chi connectivity index (χ3v) is 3.50. The van der Waals surface area contributed by atoms with E-state index in [0.29, 0.717) is 22.0 Å². The van der Waals surface area contributed by atoms with Crippen molar-refractivity contribution >= 4 is 21.8 Å². The first-order valence-electron chi connectivity index (χ1n) is 6.17. The van der Waals surface area contributed by atoms with Gasteiger partial charge >= 0.3 is 0 Å². The van der Waals surface area contributed by atoms with Crippen molar-refractivity contribution in [3.8, 4) is 5.75 Å². The Hall–Kier alpha value is -1.95. The zero-order valence-corrected chi connectivity index (χ0v) is 12.5. The lowest BCUT2D eigenvalue weighted by atomic mass is 10.1. The van der Waals surface area contributed by atoms with Crippen LogP contribution in [0.2, 0.25) is 0 Å². The van der Waals surface area contributed by atoms with Crippen LogP contribution in [0.1, 0.15) is 15.9 Å². The minimum atomic E-state index is -0.644. The number of carbonyl (C=O) groups is 1. The summed E-state index contributed by atoms with van der Waals surface area (Å²) in [7, 11) is 0. The van der Waals surface area contributed by atoms with Gasteiger partial charge in [-0.1, -0.05) is 0 Å². The number of benzene rings is 2. The lowest BCUT2D eigenvalue weighted by molar-refractivity contribution is 0.0953. The van der Waals surface area contributed by atoms with Crippen LogP contribution in [0.25, 0.3) is 0 Å². The van der Waals surface area contributed by atoms with Crippen molar-refractivity contribution in [2.75, 3.05) is 6.54 Å². The Bertz CT molecular complexity index is 656. The molecule has 0 atom stereocenters. The van der Waals surface area contributed by atoms with E-state index >= 15 is 0 Å². The van der Waals surface area contributed by atoms with Crippen LogP contribution < -0.4 is 5.32 Å². The highest BCUT2D eigenvalue weighted by molar-refractivity contribution is 9.10. The molecule has 0 spiro atoms. The van der Waals surface area contributed by atoms with Crippen molar-refractivity contribution in [1.82, 2.24) is 5.32 Å².